The predicted molar refractivity (Wildman–Crippen MR) is 93.8 cm³/mol. The van der Waals surface area contributed by atoms with Crippen molar-refractivity contribution in [3.8, 4) is 0 Å². The number of hydrogen-bond acceptors (Lipinski definition) is 3. The molecule has 0 spiro atoms. The normalized spacial score (nSPS) is 20.5. The molecule has 24 heavy (non-hydrogen) atoms. The van der Waals surface area contributed by atoms with Crippen molar-refractivity contribution in [3.63, 3.8) is 0 Å². The third-order valence-electron chi connectivity index (χ3n) is 3.97. The number of rotatable bonds is 5. The maximum Gasteiger partial charge on any atom is 0.398 e. The van der Waals surface area contributed by atoms with Crippen molar-refractivity contribution >= 4 is 35.8 Å². The smallest absolute Gasteiger partial charge is 0.327 e. The SMILES string of the molecule is Cc1ccc(SCC(F)(F)F)c(NC(=O)C[C@@H]2CCC[C@H]2N)c1.Cl. The highest BCUT2D eigenvalue weighted by Crippen LogP contribution is 2.33. The lowest BCUT2D eigenvalue weighted by atomic mass is 10.00. The van der Waals surface area contributed by atoms with Gasteiger partial charge in [-0.2, -0.15) is 13.2 Å². The molecule has 3 N–H and O–H groups in total. The molecule has 1 aliphatic carbocycles. The van der Waals surface area contributed by atoms with Crippen LogP contribution in [0.4, 0.5) is 18.9 Å². The summed E-state index contributed by atoms with van der Waals surface area (Å²) in [6.07, 6.45) is -1.05. The van der Waals surface area contributed by atoms with Crippen LogP contribution in [0.5, 0.6) is 0 Å². The van der Waals surface area contributed by atoms with E-state index in [1.165, 1.54) is 0 Å². The first kappa shape index (κ1) is 21.1. The summed E-state index contributed by atoms with van der Waals surface area (Å²) >= 11 is 0.684. The molecule has 1 fully saturated rings. The molecule has 1 saturated carbocycles. The Bertz CT molecular complexity index is 569. The van der Waals surface area contributed by atoms with Crippen molar-refractivity contribution < 1.29 is 18.0 Å². The van der Waals surface area contributed by atoms with Crippen LogP contribution < -0.4 is 11.1 Å². The van der Waals surface area contributed by atoms with Crippen molar-refractivity contribution in [1.29, 1.82) is 0 Å². The maximum atomic E-state index is 12.4. The van der Waals surface area contributed by atoms with E-state index in [2.05, 4.69) is 5.32 Å². The van der Waals surface area contributed by atoms with Gasteiger partial charge in [0, 0.05) is 17.4 Å². The lowest BCUT2D eigenvalue weighted by Crippen LogP contribution is -2.28. The number of nitrogens with one attached hydrogen (secondary N) is 1. The van der Waals surface area contributed by atoms with E-state index in [4.69, 9.17) is 5.73 Å². The summed E-state index contributed by atoms with van der Waals surface area (Å²) in [5.74, 6) is -1.01. The van der Waals surface area contributed by atoms with Gasteiger partial charge in [-0.05, 0) is 43.4 Å². The number of benzene rings is 1. The fraction of sp³-hybridized carbons (Fsp3) is 0.562. The van der Waals surface area contributed by atoms with Crippen LogP contribution >= 0.6 is 24.2 Å². The summed E-state index contributed by atoms with van der Waals surface area (Å²) in [4.78, 5) is 12.6. The van der Waals surface area contributed by atoms with Crippen molar-refractivity contribution in [2.75, 3.05) is 11.1 Å². The molecule has 136 valence electrons. The average Bonchev–Trinajstić information content (AvgIpc) is 2.82. The highest BCUT2D eigenvalue weighted by molar-refractivity contribution is 7.99. The average molecular weight is 383 g/mol. The molecule has 0 aromatic heterocycles. The van der Waals surface area contributed by atoms with Gasteiger partial charge in [-0.15, -0.1) is 24.2 Å². The van der Waals surface area contributed by atoms with Crippen LogP contribution in [0.2, 0.25) is 0 Å². The Balaban J connectivity index is 0.00000288. The van der Waals surface area contributed by atoms with Crippen LogP contribution in [0.25, 0.3) is 0 Å². The summed E-state index contributed by atoms with van der Waals surface area (Å²) in [5, 5.41) is 2.75. The number of aryl methyl sites for hydroxylation is 1. The molecule has 1 aromatic carbocycles. The van der Waals surface area contributed by atoms with Crippen molar-refractivity contribution in [2.45, 2.75) is 49.7 Å². The van der Waals surface area contributed by atoms with Crippen LogP contribution in [0.3, 0.4) is 0 Å². The Morgan fingerprint density at radius 2 is 2.08 bits per heavy atom. The topological polar surface area (TPSA) is 55.1 Å². The molecule has 8 heteroatoms. The molecular formula is C16H22ClF3N2OS. The first-order valence-electron chi connectivity index (χ1n) is 7.60. The summed E-state index contributed by atoms with van der Waals surface area (Å²) in [7, 11) is 0. The Morgan fingerprint density at radius 3 is 2.67 bits per heavy atom. The molecule has 1 aromatic rings. The predicted octanol–water partition coefficient (Wildman–Crippen LogP) is 4.53. The first-order valence-corrected chi connectivity index (χ1v) is 8.59. The van der Waals surface area contributed by atoms with E-state index < -0.39 is 11.9 Å². The number of carbonyl (C=O) groups excluding carboxylic acids is 1. The Morgan fingerprint density at radius 1 is 1.38 bits per heavy atom. The van der Waals surface area contributed by atoms with Crippen molar-refractivity contribution in [3.05, 3.63) is 23.8 Å². The molecule has 0 heterocycles. The van der Waals surface area contributed by atoms with Crippen molar-refractivity contribution in [1.82, 2.24) is 0 Å². The quantitative estimate of drug-likeness (QED) is 0.736. The molecule has 0 radical (unpaired) electrons. The fourth-order valence-electron chi connectivity index (χ4n) is 2.79. The summed E-state index contributed by atoms with van der Waals surface area (Å²) in [6, 6.07) is 5.09. The molecule has 0 unspecified atom stereocenters. The number of nitrogens with two attached hydrogens (primary N) is 1. The third kappa shape index (κ3) is 6.53. The second-order valence-electron chi connectivity index (χ2n) is 6.01. The molecule has 0 aliphatic heterocycles. The van der Waals surface area contributed by atoms with Gasteiger partial charge in [-0.3, -0.25) is 4.79 Å². The van der Waals surface area contributed by atoms with Gasteiger partial charge in [-0.25, -0.2) is 0 Å². The Kier molecular flexibility index (Phi) is 7.89. The zero-order valence-electron chi connectivity index (χ0n) is 13.4. The summed E-state index contributed by atoms with van der Waals surface area (Å²) < 4.78 is 37.2. The molecule has 0 saturated heterocycles. The van der Waals surface area contributed by atoms with Crippen molar-refractivity contribution in [2.24, 2.45) is 11.7 Å². The van der Waals surface area contributed by atoms with E-state index in [1.54, 1.807) is 18.2 Å². The maximum absolute atomic E-state index is 12.4. The minimum atomic E-state index is -4.24. The van der Waals surface area contributed by atoms with E-state index in [9.17, 15) is 18.0 Å². The van der Waals surface area contributed by atoms with E-state index in [-0.39, 0.29) is 30.3 Å². The number of carbonyl (C=O) groups is 1. The second kappa shape index (κ2) is 8.97. The zero-order valence-corrected chi connectivity index (χ0v) is 15.0. The zero-order chi connectivity index (χ0) is 17.0. The highest BCUT2D eigenvalue weighted by Gasteiger charge is 2.28. The van der Waals surface area contributed by atoms with Gasteiger partial charge in [0.25, 0.3) is 0 Å². The molecule has 2 atom stereocenters. The second-order valence-corrected chi connectivity index (χ2v) is 7.03. The van der Waals surface area contributed by atoms with Crippen LogP contribution in [0, 0.1) is 12.8 Å². The monoisotopic (exact) mass is 382 g/mol. The number of amides is 1. The molecule has 3 nitrogen and oxygen atoms in total. The molecule has 1 aliphatic rings. The van der Waals surface area contributed by atoms with Gasteiger partial charge in [0.1, 0.15) is 0 Å². The first-order chi connectivity index (χ1) is 10.7. The Hall–Kier alpha value is -0.920. The molecule has 0 bridgehead atoms. The molecule has 2 rings (SSSR count). The number of anilines is 1. The van der Waals surface area contributed by atoms with Gasteiger partial charge in [-0.1, -0.05) is 12.5 Å². The lowest BCUT2D eigenvalue weighted by molar-refractivity contribution is -0.117. The lowest BCUT2D eigenvalue weighted by Gasteiger charge is -2.16. The summed E-state index contributed by atoms with van der Waals surface area (Å²) in [5.41, 5.74) is 7.29. The highest BCUT2D eigenvalue weighted by atomic mass is 35.5. The number of thioether (sulfide) groups is 1. The summed E-state index contributed by atoms with van der Waals surface area (Å²) in [6.45, 7) is 1.83. The minimum Gasteiger partial charge on any atom is -0.327 e. The van der Waals surface area contributed by atoms with Crippen LogP contribution in [-0.2, 0) is 4.79 Å². The molecule has 1 amide bonds. The van der Waals surface area contributed by atoms with E-state index >= 15 is 0 Å². The fourth-order valence-corrected chi connectivity index (χ4v) is 3.53. The van der Waals surface area contributed by atoms with Crippen LogP contribution in [-0.4, -0.2) is 23.9 Å². The van der Waals surface area contributed by atoms with Gasteiger partial charge < -0.3 is 11.1 Å². The third-order valence-corrected chi connectivity index (χ3v) is 5.10. The number of halogens is 4. The van der Waals surface area contributed by atoms with Gasteiger partial charge in [0.2, 0.25) is 5.91 Å². The Labute approximate surface area is 150 Å². The minimum absolute atomic E-state index is 0. The van der Waals surface area contributed by atoms with E-state index in [0.29, 0.717) is 28.8 Å². The molecular weight excluding hydrogens is 361 g/mol. The van der Waals surface area contributed by atoms with Gasteiger partial charge >= 0.3 is 6.18 Å². The van der Waals surface area contributed by atoms with E-state index in [1.807, 2.05) is 6.92 Å². The van der Waals surface area contributed by atoms with E-state index in [0.717, 1.165) is 24.8 Å². The van der Waals surface area contributed by atoms with Gasteiger partial charge in [0.05, 0.1) is 11.4 Å². The van der Waals surface area contributed by atoms with Crippen LogP contribution in [0.1, 0.15) is 31.2 Å². The largest absolute Gasteiger partial charge is 0.398 e. The standard InChI is InChI=1S/C16H21F3N2OS.ClH/c1-10-5-6-14(23-9-16(17,18)19)13(7-10)21-15(22)8-11-3-2-4-12(11)20;/h5-7,11-12H,2-4,8-9,20H2,1H3,(H,21,22);1H/t11-,12+;/m0./s1. The van der Waals surface area contributed by atoms with Crippen LogP contribution in [0.15, 0.2) is 23.1 Å². The number of hydrogen-bond donors (Lipinski definition) is 2. The van der Waals surface area contributed by atoms with Gasteiger partial charge in [0.15, 0.2) is 0 Å². The number of alkyl halides is 3.